The van der Waals surface area contributed by atoms with Crippen LogP contribution in [-0.2, 0) is 11.3 Å². The van der Waals surface area contributed by atoms with E-state index in [1.807, 2.05) is 41.2 Å². The van der Waals surface area contributed by atoms with Crippen molar-refractivity contribution in [3.63, 3.8) is 0 Å². The molecule has 1 unspecified atom stereocenters. The lowest BCUT2D eigenvalue weighted by Crippen LogP contribution is -2.24. The molecule has 0 spiro atoms. The Hall–Kier alpha value is -1.85. The van der Waals surface area contributed by atoms with E-state index in [4.69, 9.17) is 5.10 Å². The summed E-state index contributed by atoms with van der Waals surface area (Å²) in [7, 11) is 0. The van der Waals surface area contributed by atoms with E-state index in [-0.39, 0.29) is 18.3 Å². The molecular weight excluding hydrogens is 348 g/mol. The summed E-state index contributed by atoms with van der Waals surface area (Å²) >= 11 is 0. The molecule has 2 aromatic rings. The van der Waals surface area contributed by atoms with Crippen LogP contribution in [0.2, 0.25) is 0 Å². The minimum atomic E-state index is 0. The lowest BCUT2D eigenvalue weighted by atomic mass is 10.0. The van der Waals surface area contributed by atoms with Crippen molar-refractivity contribution in [1.29, 1.82) is 0 Å². The summed E-state index contributed by atoms with van der Waals surface area (Å²) in [6, 6.07) is 10.1. The van der Waals surface area contributed by atoms with Gasteiger partial charge in [-0.3, -0.25) is 4.79 Å². The monoisotopic (exact) mass is 376 g/mol. The van der Waals surface area contributed by atoms with Gasteiger partial charge in [0.15, 0.2) is 0 Å². The number of hydrogen-bond donors (Lipinski definition) is 2. The first-order chi connectivity index (χ1) is 12.1. The van der Waals surface area contributed by atoms with Crippen LogP contribution in [0.4, 0.5) is 0 Å². The van der Waals surface area contributed by atoms with E-state index in [1.54, 1.807) is 0 Å². The van der Waals surface area contributed by atoms with Gasteiger partial charge >= 0.3 is 0 Å². The predicted molar refractivity (Wildman–Crippen MR) is 107 cm³/mol. The molecule has 0 bridgehead atoms. The number of rotatable bonds is 7. The zero-order valence-corrected chi connectivity index (χ0v) is 16.4. The van der Waals surface area contributed by atoms with Crippen molar-refractivity contribution in [2.45, 2.75) is 45.6 Å². The average molecular weight is 377 g/mol. The third-order valence-electron chi connectivity index (χ3n) is 4.81. The van der Waals surface area contributed by atoms with Crippen molar-refractivity contribution in [3.05, 3.63) is 47.8 Å². The summed E-state index contributed by atoms with van der Waals surface area (Å²) in [5, 5.41) is 11.1. The van der Waals surface area contributed by atoms with Gasteiger partial charge in [0, 0.05) is 24.7 Å². The van der Waals surface area contributed by atoms with Crippen molar-refractivity contribution in [2.75, 3.05) is 13.1 Å². The molecule has 1 fully saturated rings. The van der Waals surface area contributed by atoms with Crippen LogP contribution in [-0.4, -0.2) is 28.8 Å². The molecule has 2 heterocycles. The third-order valence-corrected chi connectivity index (χ3v) is 4.81. The number of hydrogen-bond acceptors (Lipinski definition) is 3. The quantitative estimate of drug-likeness (QED) is 0.778. The highest BCUT2D eigenvalue weighted by Gasteiger charge is 2.17. The molecule has 2 N–H and O–H groups in total. The molecule has 1 aromatic heterocycles. The molecule has 0 radical (unpaired) electrons. The van der Waals surface area contributed by atoms with Gasteiger partial charge in [-0.15, -0.1) is 12.4 Å². The zero-order chi connectivity index (χ0) is 17.6. The molecular formula is C20H29ClN4O. The van der Waals surface area contributed by atoms with Gasteiger partial charge in [0.05, 0.1) is 11.4 Å². The smallest absolute Gasteiger partial charge is 0.220 e. The highest BCUT2D eigenvalue weighted by Crippen LogP contribution is 2.20. The van der Waals surface area contributed by atoms with E-state index in [2.05, 4.69) is 24.5 Å². The second kappa shape index (κ2) is 9.74. The van der Waals surface area contributed by atoms with E-state index in [9.17, 15) is 4.79 Å². The molecule has 1 saturated heterocycles. The topological polar surface area (TPSA) is 59.0 Å². The largest absolute Gasteiger partial charge is 0.352 e. The minimum Gasteiger partial charge on any atom is -0.352 e. The molecule has 5 nitrogen and oxygen atoms in total. The SMILES string of the molecule is CC(C)c1nn(-c2ccccc2)cc1CNC(=O)CCC1CCNC1.Cl. The normalized spacial score (nSPS) is 16.5. The van der Waals surface area contributed by atoms with Gasteiger partial charge in [0.2, 0.25) is 5.91 Å². The number of carbonyl (C=O) groups is 1. The molecule has 1 aliphatic heterocycles. The summed E-state index contributed by atoms with van der Waals surface area (Å²) in [4.78, 5) is 12.2. The highest BCUT2D eigenvalue weighted by atomic mass is 35.5. The van der Waals surface area contributed by atoms with Crippen LogP contribution in [0.1, 0.15) is 50.3 Å². The Labute approximate surface area is 162 Å². The number of nitrogens with one attached hydrogen (secondary N) is 2. The van der Waals surface area contributed by atoms with Crippen LogP contribution in [0.5, 0.6) is 0 Å². The summed E-state index contributed by atoms with van der Waals surface area (Å²) in [6.45, 7) is 6.95. The number of para-hydroxylation sites is 1. The molecule has 1 atom stereocenters. The Bertz CT molecular complexity index is 693. The van der Waals surface area contributed by atoms with Crippen molar-refractivity contribution in [2.24, 2.45) is 5.92 Å². The number of halogens is 1. The van der Waals surface area contributed by atoms with Crippen LogP contribution in [0.3, 0.4) is 0 Å². The Balaban J connectivity index is 0.00000243. The fourth-order valence-electron chi connectivity index (χ4n) is 3.34. The molecule has 3 rings (SSSR count). The highest BCUT2D eigenvalue weighted by molar-refractivity contribution is 5.85. The van der Waals surface area contributed by atoms with Crippen LogP contribution < -0.4 is 10.6 Å². The van der Waals surface area contributed by atoms with Gasteiger partial charge in [-0.05, 0) is 49.9 Å². The lowest BCUT2D eigenvalue weighted by Gasteiger charge is -2.09. The average Bonchev–Trinajstić information content (AvgIpc) is 3.28. The summed E-state index contributed by atoms with van der Waals surface area (Å²) in [6.07, 6.45) is 4.80. The molecule has 26 heavy (non-hydrogen) atoms. The molecule has 1 aromatic carbocycles. The maximum Gasteiger partial charge on any atom is 0.220 e. The molecule has 142 valence electrons. The fourth-order valence-corrected chi connectivity index (χ4v) is 3.34. The first-order valence-corrected chi connectivity index (χ1v) is 9.24. The van der Waals surface area contributed by atoms with Crippen LogP contribution in [0.15, 0.2) is 36.5 Å². The minimum absolute atomic E-state index is 0. The van der Waals surface area contributed by atoms with Crippen molar-refractivity contribution >= 4 is 18.3 Å². The molecule has 0 aliphatic carbocycles. The maximum atomic E-state index is 12.2. The van der Waals surface area contributed by atoms with Crippen molar-refractivity contribution in [1.82, 2.24) is 20.4 Å². The van der Waals surface area contributed by atoms with Crippen LogP contribution in [0, 0.1) is 5.92 Å². The third kappa shape index (κ3) is 5.32. The summed E-state index contributed by atoms with van der Waals surface area (Å²) < 4.78 is 1.90. The van der Waals surface area contributed by atoms with Crippen LogP contribution >= 0.6 is 12.4 Å². The van der Waals surface area contributed by atoms with Gasteiger partial charge in [-0.1, -0.05) is 32.0 Å². The number of nitrogens with zero attached hydrogens (tertiary/aromatic N) is 2. The van der Waals surface area contributed by atoms with E-state index in [1.165, 1.54) is 6.42 Å². The van der Waals surface area contributed by atoms with Crippen molar-refractivity contribution < 1.29 is 4.79 Å². The van der Waals surface area contributed by atoms with E-state index >= 15 is 0 Å². The van der Waals surface area contributed by atoms with Gasteiger partial charge < -0.3 is 10.6 Å². The maximum absolute atomic E-state index is 12.2. The zero-order valence-electron chi connectivity index (χ0n) is 15.6. The molecule has 1 amide bonds. The summed E-state index contributed by atoms with van der Waals surface area (Å²) in [5.41, 5.74) is 3.18. The molecule has 0 saturated carbocycles. The van der Waals surface area contributed by atoms with Gasteiger partial charge in [0.25, 0.3) is 0 Å². The first-order valence-electron chi connectivity index (χ1n) is 9.24. The number of aromatic nitrogens is 2. The van der Waals surface area contributed by atoms with Crippen LogP contribution in [0.25, 0.3) is 5.69 Å². The number of amides is 1. The van der Waals surface area contributed by atoms with Gasteiger partial charge in [-0.25, -0.2) is 4.68 Å². The molecule has 1 aliphatic rings. The first kappa shape index (κ1) is 20.5. The van der Waals surface area contributed by atoms with E-state index in [0.717, 1.165) is 36.5 Å². The Morgan fingerprint density at radius 1 is 1.35 bits per heavy atom. The predicted octanol–water partition coefficient (Wildman–Crippen LogP) is 3.42. The number of benzene rings is 1. The van der Waals surface area contributed by atoms with Crippen molar-refractivity contribution in [3.8, 4) is 5.69 Å². The standard InChI is InChI=1S/C20H28N4O.ClH/c1-15(2)20-17(14-24(23-20)18-6-4-3-5-7-18)13-22-19(25)9-8-16-10-11-21-12-16;/h3-7,14-16,21H,8-13H2,1-2H3,(H,22,25);1H. The second-order valence-electron chi connectivity index (χ2n) is 7.15. The fraction of sp³-hybridized carbons (Fsp3) is 0.500. The second-order valence-corrected chi connectivity index (χ2v) is 7.15. The summed E-state index contributed by atoms with van der Waals surface area (Å²) in [5.74, 6) is 1.10. The van der Waals surface area contributed by atoms with Gasteiger partial charge in [0.1, 0.15) is 0 Å². The van der Waals surface area contributed by atoms with E-state index in [0.29, 0.717) is 24.8 Å². The number of carbonyl (C=O) groups excluding carboxylic acids is 1. The van der Waals surface area contributed by atoms with Gasteiger partial charge in [-0.2, -0.15) is 5.10 Å². The van der Waals surface area contributed by atoms with E-state index < -0.39 is 0 Å². The molecule has 6 heteroatoms. The Morgan fingerprint density at radius 2 is 2.12 bits per heavy atom. The Morgan fingerprint density at radius 3 is 2.77 bits per heavy atom. The Kier molecular flexibility index (Phi) is 7.66. The lowest BCUT2D eigenvalue weighted by molar-refractivity contribution is -0.121.